The van der Waals surface area contributed by atoms with E-state index in [2.05, 4.69) is 6.07 Å². The van der Waals surface area contributed by atoms with Crippen molar-refractivity contribution in [2.45, 2.75) is 32.7 Å². The highest BCUT2D eigenvalue weighted by atomic mass is 35.5. The van der Waals surface area contributed by atoms with E-state index in [4.69, 9.17) is 26.8 Å². The summed E-state index contributed by atoms with van der Waals surface area (Å²) in [5.41, 5.74) is 10.8. The average molecular weight is 334 g/mol. The first-order valence-corrected chi connectivity index (χ1v) is 8.04. The third-order valence-electron chi connectivity index (χ3n) is 3.88. The summed E-state index contributed by atoms with van der Waals surface area (Å²) in [5.74, 6) is 1.70. The Balaban J connectivity index is 2.17. The second-order valence-corrected chi connectivity index (χ2v) is 6.38. The fourth-order valence-electron chi connectivity index (χ4n) is 2.86. The van der Waals surface area contributed by atoms with Gasteiger partial charge in [-0.25, -0.2) is 0 Å². The highest BCUT2D eigenvalue weighted by Gasteiger charge is 2.13. The molecule has 4 heteroatoms. The summed E-state index contributed by atoms with van der Waals surface area (Å²) in [6.07, 6.45) is 1.48. The van der Waals surface area contributed by atoms with E-state index in [1.54, 1.807) is 14.2 Å². The molecule has 0 bridgehead atoms. The first-order chi connectivity index (χ1) is 10.9. The van der Waals surface area contributed by atoms with Crippen LogP contribution in [-0.2, 0) is 12.8 Å². The quantitative estimate of drug-likeness (QED) is 0.866. The Kier molecular flexibility index (Phi) is 5.91. The van der Waals surface area contributed by atoms with Crippen LogP contribution in [0.1, 0.15) is 22.3 Å². The number of ether oxygens (including phenoxy) is 2. The number of benzene rings is 2. The predicted molar refractivity (Wildman–Crippen MR) is 95.9 cm³/mol. The van der Waals surface area contributed by atoms with Gasteiger partial charge in [0.25, 0.3) is 0 Å². The summed E-state index contributed by atoms with van der Waals surface area (Å²) in [4.78, 5) is 0. The topological polar surface area (TPSA) is 44.5 Å². The van der Waals surface area contributed by atoms with Gasteiger partial charge in [-0.15, -0.1) is 0 Å². The van der Waals surface area contributed by atoms with Crippen molar-refractivity contribution in [2.24, 2.45) is 5.73 Å². The fraction of sp³-hybridized carbons (Fsp3) is 0.368. The van der Waals surface area contributed by atoms with E-state index in [-0.39, 0.29) is 6.04 Å². The molecule has 3 nitrogen and oxygen atoms in total. The van der Waals surface area contributed by atoms with Gasteiger partial charge in [0.15, 0.2) is 0 Å². The number of rotatable bonds is 6. The van der Waals surface area contributed by atoms with Crippen molar-refractivity contribution in [3.63, 3.8) is 0 Å². The average Bonchev–Trinajstić information content (AvgIpc) is 2.47. The van der Waals surface area contributed by atoms with Gasteiger partial charge in [0.1, 0.15) is 11.5 Å². The van der Waals surface area contributed by atoms with Gasteiger partial charge in [0.2, 0.25) is 0 Å². The van der Waals surface area contributed by atoms with Crippen LogP contribution in [0.2, 0.25) is 5.02 Å². The zero-order chi connectivity index (χ0) is 17.0. The summed E-state index contributed by atoms with van der Waals surface area (Å²) >= 11 is 6.12. The Morgan fingerprint density at radius 3 is 2.26 bits per heavy atom. The smallest absolute Gasteiger partial charge is 0.122 e. The standard InChI is InChI=1S/C19H24ClNO2/c1-12-5-14(8-16(20)6-12)9-17(21)10-15-11-18(22-3)13(2)7-19(15)23-4/h5-8,11,17H,9-10,21H2,1-4H3. The van der Waals surface area contributed by atoms with Gasteiger partial charge < -0.3 is 15.2 Å². The summed E-state index contributed by atoms with van der Waals surface area (Å²) in [5, 5.41) is 0.752. The van der Waals surface area contributed by atoms with Crippen LogP contribution >= 0.6 is 11.6 Å². The number of aryl methyl sites for hydroxylation is 2. The molecule has 0 spiro atoms. The van der Waals surface area contributed by atoms with Gasteiger partial charge in [-0.05, 0) is 73.2 Å². The van der Waals surface area contributed by atoms with Crippen molar-refractivity contribution in [3.05, 3.63) is 57.6 Å². The first kappa shape index (κ1) is 17.6. The lowest BCUT2D eigenvalue weighted by atomic mass is 9.97. The number of hydrogen-bond acceptors (Lipinski definition) is 3. The number of halogens is 1. The van der Waals surface area contributed by atoms with Crippen LogP contribution < -0.4 is 15.2 Å². The second-order valence-electron chi connectivity index (χ2n) is 5.94. The van der Waals surface area contributed by atoms with Crippen molar-refractivity contribution >= 4 is 11.6 Å². The Labute approximate surface area is 143 Å². The molecule has 1 atom stereocenters. The molecule has 124 valence electrons. The molecule has 23 heavy (non-hydrogen) atoms. The van der Waals surface area contributed by atoms with E-state index >= 15 is 0 Å². The lowest BCUT2D eigenvalue weighted by Crippen LogP contribution is -2.25. The molecule has 0 aromatic heterocycles. The highest BCUT2D eigenvalue weighted by Crippen LogP contribution is 2.29. The van der Waals surface area contributed by atoms with Crippen LogP contribution in [0.4, 0.5) is 0 Å². The molecule has 0 heterocycles. The minimum Gasteiger partial charge on any atom is -0.496 e. The van der Waals surface area contributed by atoms with Crippen LogP contribution in [0, 0.1) is 13.8 Å². The maximum absolute atomic E-state index is 6.35. The summed E-state index contributed by atoms with van der Waals surface area (Å²) in [6, 6.07) is 10.0. The molecular weight excluding hydrogens is 310 g/mol. The molecule has 0 amide bonds. The SMILES string of the molecule is COc1cc(CC(N)Cc2cc(C)cc(Cl)c2)c(OC)cc1C. The van der Waals surface area contributed by atoms with E-state index in [9.17, 15) is 0 Å². The van der Waals surface area contributed by atoms with Gasteiger partial charge in [0, 0.05) is 11.1 Å². The molecule has 0 saturated heterocycles. The number of hydrogen-bond donors (Lipinski definition) is 1. The lowest BCUT2D eigenvalue weighted by molar-refractivity contribution is 0.395. The molecule has 2 aromatic rings. The van der Waals surface area contributed by atoms with Crippen LogP contribution in [0.15, 0.2) is 30.3 Å². The van der Waals surface area contributed by atoms with Crippen molar-refractivity contribution in [3.8, 4) is 11.5 Å². The van der Waals surface area contributed by atoms with E-state index in [1.165, 1.54) is 0 Å². The molecule has 0 radical (unpaired) electrons. The molecule has 2 N–H and O–H groups in total. The molecule has 0 fully saturated rings. The van der Waals surface area contributed by atoms with Gasteiger partial charge in [-0.1, -0.05) is 17.7 Å². The third-order valence-corrected chi connectivity index (χ3v) is 4.10. The van der Waals surface area contributed by atoms with Crippen molar-refractivity contribution < 1.29 is 9.47 Å². The van der Waals surface area contributed by atoms with Crippen molar-refractivity contribution in [1.82, 2.24) is 0 Å². The number of nitrogens with two attached hydrogens (primary N) is 1. The molecule has 1 unspecified atom stereocenters. The van der Waals surface area contributed by atoms with Crippen LogP contribution in [0.3, 0.4) is 0 Å². The van der Waals surface area contributed by atoms with Gasteiger partial charge in [0.05, 0.1) is 14.2 Å². The minimum absolute atomic E-state index is 0.0193. The van der Waals surface area contributed by atoms with Crippen LogP contribution in [0.25, 0.3) is 0 Å². The maximum Gasteiger partial charge on any atom is 0.122 e. The van der Waals surface area contributed by atoms with Crippen molar-refractivity contribution in [2.75, 3.05) is 14.2 Å². The van der Waals surface area contributed by atoms with E-state index in [1.807, 2.05) is 38.1 Å². The molecule has 2 rings (SSSR count). The third kappa shape index (κ3) is 4.63. The molecule has 0 aliphatic heterocycles. The van der Waals surface area contributed by atoms with E-state index in [0.717, 1.165) is 45.2 Å². The fourth-order valence-corrected chi connectivity index (χ4v) is 3.17. The Morgan fingerprint density at radius 2 is 1.65 bits per heavy atom. The summed E-state index contributed by atoms with van der Waals surface area (Å²) < 4.78 is 10.9. The molecule has 2 aromatic carbocycles. The zero-order valence-corrected chi connectivity index (χ0v) is 14.9. The van der Waals surface area contributed by atoms with Crippen LogP contribution in [0.5, 0.6) is 11.5 Å². The molecule has 0 aliphatic carbocycles. The Bertz CT molecular complexity index is 665. The monoisotopic (exact) mass is 333 g/mol. The second kappa shape index (κ2) is 7.71. The molecule has 0 aliphatic rings. The largest absolute Gasteiger partial charge is 0.496 e. The zero-order valence-electron chi connectivity index (χ0n) is 14.2. The van der Waals surface area contributed by atoms with Crippen LogP contribution in [-0.4, -0.2) is 20.3 Å². The molecular formula is C19H24ClNO2. The normalized spacial score (nSPS) is 12.1. The maximum atomic E-state index is 6.35. The highest BCUT2D eigenvalue weighted by molar-refractivity contribution is 6.30. The Morgan fingerprint density at radius 1 is 0.957 bits per heavy atom. The molecule has 0 saturated carbocycles. The Hall–Kier alpha value is -1.71. The first-order valence-electron chi connectivity index (χ1n) is 7.66. The summed E-state index contributed by atoms with van der Waals surface area (Å²) in [7, 11) is 3.35. The van der Waals surface area contributed by atoms with Gasteiger partial charge in [-0.3, -0.25) is 0 Å². The number of methoxy groups -OCH3 is 2. The summed E-state index contributed by atoms with van der Waals surface area (Å²) in [6.45, 7) is 4.04. The minimum atomic E-state index is -0.0193. The van der Waals surface area contributed by atoms with Gasteiger partial charge >= 0.3 is 0 Å². The van der Waals surface area contributed by atoms with E-state index < -0.39 is 0 Å². The van der Waals surface area contributed by atoms with E-state index in [0.29, 0.717) is 6.42 Å². The van der Waals surface area contributed by atoms with Gasteiger partial charge in [-0.2, -0.15) is 0 Å². The predicted octanol–water partition coefficient (Wildman–Crippen LogP) is 4.09. The van der Waals surface area contributed by atoms with Crippen molar-refractivity contribution in [1.29, 1.82) is 0 Å². The lowest BCUT2D eigenvalue weighted by Gasteiger charge is -2.17.